The summed E-state index contributed by atoms with van der Waals surface area (Å²) in [5, 5.41) is 6.36. The maximum atomic E-state index is 12.0. The van der Waals surface area contributed by atoms with Crippen LogP contribution in [0.25, 0.3) is 11.1 Å². The molecule has 0 bridgehead atoms. The smallest absolute Gasteiger partial charge is 0.220 e. The third kappa shape index (κ3) is 5.07. The lowest BCUT2D eigenvalue weighted by Gasteiger charge is -2.09. The molecule has 0 spiro atoms. The van der Waals surface area contributed by atoms with E-state index in [0.29, 0.717) is 18.9 Å². The van der Waals surface area contributed by atoms with Gasteiger partial charge < -0.3 is 15.4 Å². The zero-order valence-electron chi connectivity index (χ0n) is 14.8. The molecule has 3 rings (SSSR count). The van der Waals surface area contributed by atoms with E-state index in [1.807, 2.05) is 18.2 Å². The third-order valence-corrected chi connectivity index (χ3v) is 4.79. The van der Waals surface area contributed by atoms with Crippen molar-refractivity contribution in [1.29, 1.82) is 0 Å². The Morgan fingerprint density at radius 3 is 2.76 bits per heavy atom. The van der Waals surface area contributed by atoms with E-state index in [1.165, 1.54) is 6.42 Å². The van der Waals surface area contributed by atoms with Gasteiger partial charge in [-0.05, 0) is 60.7 Å². The number of benzene rings is 2. The average molecular weight is 338 g/mol. The topological polar surface area (TPSA) is 50.4 Å². The highest BCUT2D eigenvalue weighted by Gasteiger charge is 2.15. The highest BCUT2D eigenvalue weighted by molar-refractivity contribution is 5.75. The lowest BCUT2D eigenvalue weighted by atomic mass is 10.0. The van der Waals surface area contributed by atoms with E-state index in [0.717, 1.165) is 42.0 Å². The van der Waals surface area contributed by atoms with Crippen LogP contribution in [-0.2, 0) is 11.3 Å². The molecular formula is C21H26N2O2. The monoisotopic (exact) mass is 338 g/mol. The molecule has 25 heavy (non-hydrogen) atoms. The summed E-state index contributed by atoms with van der Waals surface area (Å²) in [6.45, 7) is 2.73. The Labute approximate surface area is 149 Å². The van der Waals surface area contributed by atoms with Crippen molar-refractivity contribution >= 4 is 5.91 Å². The fourth-order valence-corrected chi connectivity index (χ4v) is 3.20. The predicted molar refractivity (Wildman–Crippen MR) is 100 cm³/mol. The van der Waals surface area contributed by atoms with Crippen molar-refractivity contribution in [1.82, 2.24) is 10.6 Å². The van der Waals surface area contributed by atoms with Crippen LogP contribution in [0.2, 0.25) is 0 Å². The first-order chi connectivity index (χ1) is 12.2. The van der Waals surface area contributed by atoms with Gasteiger partial charge in [-0.2, -0.15) is 0 Å². The first-order valence-electron chi connectivity index (χ1n) is 8.95. The maximum Gasteiger partial charge on any atom is 0.220 e. The lowest BCUT2D eigenvalue weighted by molar-refractivity contribution is -0.121. The summed E-state index contributed by atoms with van der Waals surface area (Å²) >= 11 is 0. The van der Waals surface area contributed by atoms with E-state index >= 15 is 0 Å². The summed E-state index contributed by atoms with van der Waals surface area (Å²) in [6.07, 6.45) is 2.79. The molecule has 0 radical (unpaired) electrons. The quantitative estimate of drug-likeness (QED) is 0.814. The Hall–Kier alpha value is -2.33. The van der Waals surface area contributed by atoms with Gasteiger partial charge in [0, 0.05) is 13.0 Å². The predicted octanol–water partition coefficient (Wildman–Crippen LogP) is 3.37. The molecule has 4 heteroatoms. The van der Waals surface area contributed by atoms with Gasteiger partial charge in [0.15, 0.2) is 0 Å². The van der Waals surface area contributed by atoms with Crippen LogP contribution < -0.4 is 15.4 Å². The molecule has 2 aromatic carbocycles. The fourth-order valence-electron chi connectivity index (χ4n) is 3.20. The number of amides is 1. The highest BCUT2D eigenvalue weighted by atomic mass is 16.5. The molecule has 0 aromatic heterocycles. The van der Waals surface area contributed by atoms with Crippen molar-refractivity contribution in [3.63, 3.8) is 0 Å². The van der Waals surface area contributed by atoms with E-state index in [4.69, 9.17) is 4.74 Å². The first kappa shape index (κ1) is 17.5. The molecule has 0 saturated carbocycles. The number of carbonyl (C=O) groups excluding carboxylic acids is 1. The minimum atomic E-state index is 0.142. The number of hydrogen-bond acceptors (Lipinski definition) is 3. The minimum absolute atomic E-state index is 0.142. The summed E-state index contributed by atoms with van der Waals surface area (Å²) in [5.41, 5.74) is 3.38. The van der Waals surface area contributed by atoms with Crippen LogP contribution in [-0.4, -0.2) is 26.1 Å². The van der Waals surface area contributed by atoms with Crippen LogP contribution in [0, 0.1) is 5.92 Å². The van der Waals surface area contributed by atoms with Crippen molar-refractivity contribution in [3.05, 3.63) is 54.1 Å². The number of rotatable bonds is 7. The number of carbonyl (C=O) groups is 1. The molecule has 2 N–H and O–H groups in total. The standard InChI is InChI=1S/C21H26N2O2/c1-25-20-4-2-3-19(13-20)18-8-5-16(6-9-18)15-23-21(24)10-7-17-11-12-22-14-17/h2-6,8-9,13,17,22H,7,10-12,14-15H2,1H3,(H,23,24). The Kier molecular flexibility index (Phi) is 6.07. The zero-order chi connectivity index (χ0) is 17.5. The van der Waals surface area contributed by atoms with Crippen molar-refractivity contribution in [2.45, 2.75) is 25.8 Å². The molecule has 1 saturated heterocycles. The second kappa shape index (κ2) is 8.67. The van der Waals surface area contributed by atoms with Gasteiger partial charge >= 0.3 is 0 Å². The highest BCUT2D eigenvalue weighted by Crippen LogP contribution is 2.24. The molecule has 2 aromatic rings. The van der Waals surface area contributed by atoms with E-state index in [2.05, 4.69) is 41.0 Å². The van der Waals surface area contributed by atoms with Gasteiger partial charge in [0.25, 0.3) is 0 Å². The summed E-state index contributed by atoms with van der Waals surface area (Å²) < 4.78 is 5.27. The van der Waals surface area contributed by atoms with Crippen LogP contribution in [0.4, 0.5) is 0 Å². The second-order valence-electron chi connectivity index (χ2n) is 6.60. The maximum absolute atomic E-state index is 12.0. The van der Waals surface area contributed by atoms with Crippen molar-refractivity contribution in [3.8, 4) is 16.9 Å². The number of hydrogen-bond donors (Lipinski definition) is 2. The molecule has 1 aliphatic rings. The fraction of sp³-hybridized carbons (Fsp3) is 0.381. The zero-order valence-corrected chi connectivity index (χ0v) is 14.8. The summed E-state index contributed by atoms with van der Waals surface area (Å²) in [7, 11) is 1.67. The number of nitrogens with one attached hydrogen (secondary N) is 2. The lowest BCUT2D eigenvalue weighted by Crippen LogP contribution is -2.23. The van der Waals surface area contributed by atoms with Gasteiger partial charge in [-0.15, -0.1) is 0 Å². The second-order valence-corrected chi connectivity index (χ2v) is 6.60. The van der Waals surface area contributed by atoms with E-state index < -0.39 is 0 Å². The van der Waals surface area contributed by atoms with Gasteiger partial charge in [-0.3, -0.25) is 4.79 Å². The van der Waals surface area contributed by atoms with Gasteiger partial charge in [-0.1, -0.05) is 36.4 Å². The van der Waals surface area contributed by atoms with Gasteiger partial charge in [0.1, 0.15) is 5.75 Å². The first-order valence-corrected chi connectivity index (χ1v) is 8.95. The molecule has 1 heterocycles. The Morgan fingerprint density at radius 1 is 1.20 bits per heavy atom. The average Bonchev–Trinajstić information content (AvgIpc) is 3.19. The normalized spacial score (nSPS) is 16.6. The van der Waals surface area contributed by atoms with Gasteiger partial charge in [0.2, 0.25) is 5.91 Å². The summed E-state index contributed by atoms with van der Waals surface area (Å²) in [5.74, 6) is 1.66. The summed E-state index contributed by atoms with van der Waals surface area (Å²) in [4.78, 5) is 12.0. The van der Waals surface area contributed by atoms with Crippen molar-refractivity contribution < 1.29 is 9.53 Å². The van der Waals surface area contributed by atoms with Crippen LogP contribution in [0.15, 0.2) is 48.5 Å². The Balaban J connectivity index is 1.49. The molecule has 132 valence electrons. The largest absolute Gasteiger partial charge is 0.497 e. The summed E-state index contributed by atoms with van der Waals surface area (Å²) in [6, 6.07) is 16.3. The van der Waals surface area contributed by atoms with Gasteiger partial charge in [-0.25, -0.2) is 0 Å². The van der Waals surface area contributed by atoms with E-state index in [-0.39, 0.29) is 5.91 Å². The molecule has 1 fully saturated rings. The van der Waals surface area contributed by atoms with Crippen LogP contribution in [0.5, 0.6) is 5.75 Å². The minimum Gasteiger partial charge on any atom is -0.497 e. The molecule has 1 unspecified atom stereocenters. The SMILES string of the molecule is COc1cccc(-c2ccc(CNC(=O)CCC3CCNC3)cc2)c1. The number of ether oxygens (including phenoxy) is 1. The Bertz CT molecular complexity index is 691. The molecular weight excluding hydrogens is 312 g/mol. The molecule has 1 aliphatic heterocycles. The molecule has 4 nitrogen and oxygen atoms in total. The molecule has 1 amide bonds. The Morgan fingerprint density at radius 2 is 2.04 bits per heavy atom. The van der Waals surface area contributed by atoms with E-state index in [9.17, 15) is 4.79 Å². The number of methoxy groups -OCH3 is 1. The van der Waals surface area contributed by atoms with E-state index in [1.54, 1.807) is 7.11 Å². The van der Waals surface area contributed by atoms with Crippen molar-refractivity contribution in [2.24, 2.45) is 5.92 Å². The van der Waals surface area contributed by atoms with Crippen LogP contribution in [0.1, 0.15) is 24.8 Å². The van der Waals surface area contributed by atoms with Crippen LogP contribution >= 0.6 is 0 Å². The van der Waals surface area contributed by atoms with Crippen molar-refractivity contribution in [2.75, 3.05) is 20.2 Å². The third-order valence-electron chi connectivity index (χ3n) is 4.79. The van der Waals surface area contributed by atoms with Gasteiger partial charge in [0.05, 0.1) is 7.11 Å². The molecule has 1 atom stereocenters. The van der Waals surface area contributed by atoms with Crippen LogP contribution in [0.3, 0.4) is 0 Å². The molecule has 0 aliphatic carbocycles.